The third-order valence-electron chi connectivity index (χ3n) is 2.10. The third-order valence-corrected chi connectivity index (χ3v) is 2.10. The van der Waals surface area contributed by atoms with Gasteiger partial charge >= 0.3 is 0 Å². The molecule has 0 aromatic carbocycles. The van der Waals surface area contributed by atoms with E-state index in [0.717, 1.165) is 26.1 Å². The molecule has 1 atom stereocenters. The van der Waals surface area contributed by atoms with Gasteiger partial charge in [-0.3, -0.25) is 4.79 Å². The zero-order valence-corrected chi connectivity index (χ0v) is 7.26. The van der Waals surface area contributed by atoms with Crippen molar-refractivity contribution in [3.8, 4) is 0 Å². The van der Waals surface area contributed by atoms with Gasteiger partial charge in [0, 0.05) is 26.1 Å². The zero-order chi connectivity index (χ0) is 8.27. The van der Waals surface area contributed by atoms with Gasteiger partial charge < -0.3 is 10.2 Å². The van der Waals surface area contributed by atoms with Crippen molar-refractivity contribution in [1.82, 2.24) is 10.2 Å². The molecule has 1 heterocycles. The van der Waals surface area contributed by atoms with E-state index in [9.17, 15) is 4.79 Å². The third kappa shape index (κ3) is 2.19. The summed E-state index contributed by atoms with van der Waals surface area (Å²) < 4.78 is 0. The van der Waals surface area contributed by atoms with Gasteiger partial charge in [-0.15, -0.1) is 0 Å². The Bertz CT molecular complexity index is 133. The average molecular weight is 156 g/mol. The average Bonchev–Trinajstić information content (AvgIpc) is 2.00. The lowest BCUT2D eigenvalue weighted by Crippen LogP contribution is -2.41. The number of carbonyl (C=O) groups is 1. The van der Waals surface area contributed by atoms with Crippen LogP contribution in [0.1, 0.15) is 13.3 Å². The fourth-order valence-electron chi connectivity index (χ4n) is 1.33. The minimum Gasteiger partial charge on any atom is -0.345 e. The van der Waals surface area contributed by atoms with Gasteiger partial charge in [0.25, 0.3) is 0 Å². The molecule has 0 aromatic rings. The molecule has 0 aliphatic carbocycles. The fraction of sp³-hybridized carbons (Fsp3) is 0.875. The zero-order valence-electron chi connectivity index (χ0n) is 7.26. The van der Waals surface area contributed by atoms with Crippen LogP contribution in [0, 0.1) is 5.92 Å². The van der Waals surface area contributed by atoms with Crippen LogP contribution >= 0.6 is 0 Å². The Morgan fingerprint density at radius 3 is 3.09 bits per heavy atom. The van der Waals surface area contributed by atoms with E-state index < -0.39 is 0 Å². The molecule has 0 bridgehead atoms. The Balaban J connectivity index is 2.49. The Morgan fingerprint density at radius 1 is 1.64 bits per heavy atom. The summed E-state index contributed by atoms with van der Waals surface area (Å²) in [7, 11) is 1.88. The first-order valence-corrected chi connectivity index (χ1v) is 4.17. The van der Waals surface area contributed by atoms with E-state index in [2.05, 4.69) is 5.32 Å². The maximum absolute atomic E-state index is 11.4. The van der Waals surface area contributed by atoms with Gasteiger partial charge in [-0.1, -0.05) is 6.92 Å². The van der Waals surface area contributed by atoms with Gasteiger partial charge in [0.1, 0.15) is 0 Å². The van der Waals surface area contributed by atoms with E-state index in [4.69, 9.17) is 0 Å². The molecule has 1 aliphatic heterocycles. The number of hydrogen-bond donors (Lipinski definition) is 1. The first-order valence-electron chi connectivity index (χ1n) is 4.17. The molecule has 1 amide bonds. The maximum atomic E-state index is 11.4. The van der Waals surface area contributed by atoms with Crippen LogP contribution in [-0.2, 0) is 4.79 Å². The monoisotopic (exact) mass is 156 g/mol. The molecule has 0 saturated carbocycles. The molecule has 0 spiro atoms. The molecule has 1 unspecified atom stereocenters. The second kappa shape index (κ2) is 3.72. The maximum Gasteiger partial charge on any atom is 0.226 e. The van der Waals surface area contributed by atoms with Crippen molar-refractivity contribution in [2.24, 2.45) is 5.92 Å². The highest BCUT2D eigenvalue weighted by Crippen LogP contribution is 2.02. The van der Waals surface area contributed by atoms with Gasteiger partial charge in [0.2, 0.25) is 5.91 Å². The summed E-state index contributed by atoms with van der Waals surface area (Å²) in [5.74, 6) is 0.400. The van der Waals surface area contributed by atoms with Crippen molar-refractivity contribution < 1.29 is 4.79 Å². The van der Waals surface area contributed by atoms with Crippen LogP contribution in [0.4, 0.5) is 0 Å². The molecule has 1 rings (SSSR count). The summed E-state index contributed by atoms with van der Waals surface area (Å²) in [6.07, 6.45) is 1.06. The van der Waals surface area contributed by atoms with Crippen LogP contribution < -0.4 is 5.32 Å². The molecule has 1 aliphatic rings. The summed E-state index contributed by atoms with van der Waals surface area (Å²) in [6.45, 7) is 4.71. The van der Waals surface area contributed by atoms with Crippen LogP contribution in [0.15, 0.2) is 0 Å². The predicted molar refractivity (Wildman–Crippen MR) is 44.3 cm³/mol. The molecule has 11 heavy (non-hydrogen) atoms. The van der Waals surface area contributed by atoms with E-state index in [0.29, 0.717) is 0 Å². The number of hydrogen-bond acceptors (Lipinski definition) is 2. The largest absolute Gasteiger partial charge is 0.345 e. The number of rotatable bonds is 0. The number of amides is 1. The van der Waals surface area contributed by atoms with E-state index in [1.807, 2.05) is 18.9 Å². The van der Waals surface area contributed by atoms with Crippen LogP contribution in [0.3, 0.4) is 0 Å². The highest BCUT2D eigenvalue weighted by Gasteiger charge is 2.18. The highest BCUT2D eigenvalue weighted by atomic mass is 16.2. The van der Waals surface area contributed by atoms with Crippen LogP contribution in [0.5, 0.6) is 0 Å². The first kappa shape index (κ1) is 8.53. The Hall–Kier alpha value is -0.570. The standard InChI is InChI=1S/C8H16N2O/c1-7-6-9-4-3-5-10(2)8(7)11/h7,9H,3-6H2,1-2H3. The number of nitrogens with one attached hydrogen (secondary N) is 1. The summed E-state index contributed by atoms with van der Waals surface area (Å²) in [5, 5.41) is 3.24. The van der Waals surface area contributed by atoms with Gasteiger partial charge in [-0.25, -0.2) is 0 Å². The van der Waals surface area contributed by atoms with E-state index in [-0.39, 0.29) is 11.8 Å². The summed E-state index contributed by atoms with van der Waals surface area (Å²) in [4.78, 5) is 13.2. The predicted octanol–water partition coefficient (Wildman–Crippen LogP) is 0.0742. The first-order chi connectivity index (χ1) is 5.22. The molecular weight excluding hydrogens is 140 g/mol. The normalized spacial score (nSPS) is 28.0. The lowest BCUT2D eigenvalue weighted by atomic mass is 10.1. The van der Waals surface area contributed by atoms with Crippen molar-refractivity contribution in [3.63, 3.8) is 0 Å². The smallest absolute Gasteiger partial charge is 0.226 e. The van der Waals surface area contributed by atoms with Crippen molar-refractivity contribution in [2.45, 2.75) is 13.3 Å². The molecule has 0 aromatic heterocycles. The minimum absolute atomic E-state index is 0.139. The SMILES string of the molecule is CC1CNCCCN(C)C1=O. The second-order valence-corrected chi connectivity index (χ2v) is 3.22. The Morgan fingerprint density at radius 2 is 2.36 bits per heavy atom. The van der Waals surface area contributed by atoms with Crippen molar-refractivity contribution in [3.05, 3.63) is 0 Å². The van der Waals surface area contributed by atoms with Gasteiger partial charge in [-0.2, -0.15) is 0 Å². The van der Waals surface area contributed by atoms with Crippen molar-refractivity contribution in [1.29, 1.82) is 0 Å². The minimum atomic E-state index is 0.139. The molecule has 1 saturated heterocycles. The van der Waals surface area contributed by atoms with Gasteiger partial charge in [-0.05, 0) is 13.0 Å². The summed E-state index contributed by atoms with van der Waals surface area (Å²) >= 11 is 0. The second-order valence-electron chi connectivity index (χ2n) is 3.22. The summed E-state index contributed by atoms with van der Waals surface area (Å²) in [5.41, 5.74) is 0. The summed E-state index contributed by atoms with van der Waals surface area (Å²) in [6, 6.07) is 0. The van der Waals surface area contributed by atoms with Gasteiger partial charge in [0.05, 0.1) is 0 Å². The molecular formula is C8H16N2O. The number of nitrogens with zero attached hydrogens (tertiary/aromatic N) is 1. The Labute approximate surface area is 67.8 Å². The lowest BCUT2D eigenvalue weighted by Gasteiger charge is -2.24. The van der Waals surface area contributed by atoms with Crippen LogP contribution in [-0.4, -0.2) is 37.5 Å². The Kier molecular flexibility index (Phi) is 2.88. The van der Waals surface area contributed by atoms with Crippen LogP contribution in [0.25, 0.3) is 0 Å². The van der Waals surface area contributed by atoms with E-state index in [1.165, 1.54) is 0 Å². The van der Waals surface area contributed by atoms with Crippen molar-refractivity contribution >= 4 is 5.91 Å². The van der Waals surface area contributed by atoms with E-state index in [1.54, 1.807) is 0 Å². The number of carbonyl (C=O) groups excluding carboxylic acids is 1. The molecule has 0 radical (unpaired) electrons. The molecule has 3 nitrogen and oxygen atoms in total. The molecule has 3 heteroatoms. The lowest BCUT2D eigenvalue weighted by molar-refractivity contribution is -0.133. The van der Waals surface area contributed by atoms with Gasteiger partial charge in [0.15, 0.2) is 0 Å². The molecule has 1 N–H and O–H groups in total. The fourth-order valence-corrected chi connectivity index (χ4v) is 1.33. The highest BCUT2D eigenvalue weighted by molar-refractivity contribution is 5.78. The van der Waals surface area contributed by atoms with Crippen molar-refractivity contribution in [2.75, 3.05) is 26.7 Å². The molecule has 1 fully saturated rings. The quantitative estimate of drug-likeness (QED) is 0.538. The molecule has 64 valence electrons. The topological polar surface area (TPSA) is 32.3 Å². The van der Waals surface area contributed by atoms with E-state index >= 15 is 0 Å². The van der Waals surface area contributed by atoms with Crippen LogP contribution in [0.2, 0.25) is 0 Å².